The van der Waals surface area contributed by atoms with Gasteiger partial charge < -0.3 is 0 Å². The van der Waals surface area contributed by atoms with Crippen LogP contribution >= 0.6 is 0 Å². The van der Waals surface area contributed by atoms with Crippen molar-refractivity contribution in [3.8, 4) is 0 Å². The van der Waals surface area contributed by atoms with Crippen LogP contribution in [0.2, 0.25) is 0 Å². The number of hydrogen-bond donors (Lipinski definition) is 0. The van der Waals surface area contributed by atoms with Crippen LogP contribution in [0.4, 0.5) is 0 Å². The molecule has 0 atom stereocenters. The molecule has 12 heavy (non-hydrogen) atoms. The van der Waals surface area contributed by atoms with Crippen LogP contribution in [0.1, 0.15) is 34.6 Å². The van der Waals surface area contributed by atoms with Crippen LogP contribution in [0.25, 0.3) is 0 Å². The van der Waals surface area contributed by atoms with Gasteiger partial charge >= 0.3 is 0 Å². The average molecular weight is 164 g/mol. The lowest BCUT2D eigenvalue weighted by molar-refractivity contribution is 0.790. The zero-order valence-electron chi connectivity index (χ0n) is 8.89. The Morgan fingerprint density at radius 2 is 1.75 bits per heavy atom. The maximum atomic E-state index is 2.24. The minimum absolute atomic E-state index is 0.607. The minimum Gasteiger partial charge on any atom is -0.0877 e. The van der Waals surface area contributed by atoms with E-state index < -0.39 is 0 Å². The summed E-state index contributed by atoms with van der Waals surface area (Å²) in [4.78, 5) is 0. The molecule has 0 nitrogen and oxygen atoms in total. The Morgan fingerprint density at radius 1 is 1.17 bits per heavy atom. The molecule has 0 bridgehead atoms. The van der Waals surface area contributed by atoms with Gasteiger partial charge in [-0.2, -0.15) is 0 Å². The van der Waals surface area contributed by atoms with Crippen LogP contribution in [0.15, 0.2) is 35.5 Å². The van der Waals surface area contributed by atoms with Crippen molar-refractivity contribution in [3.63, 3.8) is 0 Å². The second kappa shape index (κ2) is 5.82. The lowest BCUT2D eigenvalue weighted by Gasteiger charge is -2.05. The van der Waals surface area contributed by atoms with Gasteiger partial charge in [-0.15, -0.1) is 0 Å². The molecule has 68 valence electrons. The van der Waals surface area contributed by atoms with Crippen molar-refractivity contribution < 1.29 is 0 Å². The van der Waals surface area contributed by atoms with E-state index in [1.807, 2.05) is 6.92 Å². The summed E-state index contributed by atoms with van der Waals surface area (Å²) in [5, 5.41) is 0. The predicted octanol–water partition coefficient (Wildman–Crippen LogP) is 4.11. The van der Waals surface area contributed by atoms with Gasteiger partial charge in [0.05, 0.1) is 0 Å². The fourth-order valence-corrected chi connectivity index (χ4v) is 0.948. The molecule has 0 radical (unpaired) electrons. The molecule has 0 rings (SSSR count). The lowest BCUT2D eigenvalue weighted by Crippen LogP contribution is -1.90. The highest BCUT2D eigenvalue weighted by Gasteiger charge is 1.97. The number of hydrogen-bond acceptors (Lipinski definition) is 0. The first kappa shape index (κ1) is 11.2. The topological polar surface area (TPSA) is 0 Å². The molecule has 0 saturated heterocycles. The van der Waals surface area contributed by atoms with Crippen molar-refractivity contribution in [2.45, 2.75) is 34.6 Å². The van der Waals surface area contributed by atoms with Gasteiger partial charge in [0, 0.05) is 0 Å². The summed E-state index contributed by atoms with van der Waals surface area (Å²) in [5.74, 6) is 0.607. The maximum absolute atomic E-state index is 2.24. The summed E-state index contributed by atoms with van der Waals surface area (Å²) in [5.41, 5.74) is 2.76. The Labute approximate surface area is 76.7 Å². The average Bonchev–Trinajstić information content (AvgIpc) is 1.96. The second-order valence-electron chi connectivity index (χ2n) is 3.57. The van der Waals surface area contributed by atoms with E-state index in [-0.39, 0.29) is 0 Å². The first-order valence-corrected chi connectivity index (χ1v) is 4.55. The van der Waals surface area contributed by atoms with Gasteiger partial charge in [0.1, 0.15) is 0 Å². The minimum atomic E-state index is 0.607. The molecular formula is C12H20. The molecule has 0 aromatic heterocycles. The van der Waals surface area contributed by atoms with Crippen molar-refractivity contribution in [2.75, 3.05) is 0 Å². The molecule has 0 fully saturated rings. The van der Waals surface area contributed by atoms with Gasteiger partial charge in [-0.05, 0) is 32.3 Å². The van der Waals surface area contributed by atoms with Crippen LogP contribution in [0.3, 0.4) is 0 Å². The van der Waals surface area contributed by atoms with Crippen molar-refractivity contribution in [1.82, 2.24) is 0 Å². The van der Waals surface area contributed by atoms with Gasteiger partial charge in [0.2, 0.25) is 0 Å². The largest absolute Gasteiger partial charge is 0.0877 e. The summed E-state index contributed by atoms with van der Waals surface area (Å²) in [6.07, 6.45) is 8.57. The lowest BCUT2D eigenvalue weighted by atomic mass is 10.0. The van der Waals surface area contributed by atoms with E-state index in [9.17, 15) is 0 Å². The first-order valence-electron chi connectivity index (χ1n) is 4.55. The Balaban J connectivity index is 4.55. The summed E-state index contributed by atoms with van der Waals surface area (Å²) >= 11 is 0. The molecule has 0 N–H and O–H groups in total. The third-order valence-corrected chi connectivity index (χ3v) is 1.60. The molecule has 0 heteroatoms. The monoisotopic (exact) mass is 164 g/mol. The maximum Gasteiger partial charge on any atom is -0.0219 e. The standard InChI is InChI=1S/C12H20/c1-6-7-8-12(11(4)5)9-10(2)3/h6-9,11H,1-5H3. The van der Waals surface area contributed by atoms with Crippen molar-refractivity contribution in [2.24, 2.45) is 5.92 Å². The summed E-state index contributed by atoms with van der Waals surface area (Å²) in [6, 6.07) is 0. The number of allylic oxidation sites excluding steroid dienone is 6. The molecule has 0 heterocycles. The number of rotatable bonds is 3. The van der Waals surface area contributed by atoms with Gasteiger partial charge in [0.25, 0.3) is 0 Å². The zero-order chi connectivity index (χ0) is 9.56. The summed E-state index contributed by atoms with van der Waals surface area (Å²) in [6.45, 7) is 10.7. The fraction of sp³-hybridized carbons (Fsp3) is 0.500. The highest BCUT2D eigenvalue weighted by molar-refractivity contribution is 5.27. The van der Waals surface area contributed by atoms with E-state index in [4.69, 9.17) is 0 Å². The fourth-order valence-electron chi connectivity index (χ4n) is 0.948. The third kappa shape index (κ3) is 4.95. The highest BCUT2D eigenvalue weighted by atomic mass is 14.0. The molecule has 0 saturated carbocycles. The summed E-state index contributed by atoms with van der Waals surface area (Å²) < 4.78 is 0. The smallest absolute Gasteiger partial charge is 0.0219 e. The molecule has 0 amide bonds. The predicted molar refractivity (Wildman–Crippen MR) is 57.2 cm³/mol. The van der Waals surface area contributed by atoms with Crippen molar-refractivity contribution in [1.29, 1.82) is 0 Å². The molecule has 0 aliphatic heterocycles. The van der Waals surface area contributed by atoms with Crippen LogP contribution in [-0.4, -0.2) is 0 Å². The SMILES string of the molecule is CC=CC=C(C=C(C)C)C(C)C. The highest BCUT2D eigenvalue weighted by Crippen LogP contribution is 2.13. The Hall–Kier alpha value is -0.780. The second-order valence-corrected chi connectivity index (χ2v) is 3.57. The van der Waals surface area contributed by atoms with E-state index in [0.29, 0.717) is 5.92 Å². The summed E-state index contributed by atoms with van der Waals surface area (Å²) in [7, 11) is 0. The van der Waals surface area contributed by atoms with Crippen LogP contribution in [-0.2, 0) is 0 Å². The van der Waals surface area contributed by atoms with E-state index in [2.05, 4.69) is 52.0 Å². The van der Waals surface area contributed by atoms with E-state index >= 15 is 0 Å². The van der Waals surface area contributed by atoms with Gasteiger partial charge in [-0.3, -0.25) is 0 Å². The van der Waals surface area contributed by atoms with Gasteiger partial charge in [-0.25, -0.2) is 0 Å². The molecule has 0 aliphatic carbocycles. The molecule has 0 aromatic carbocycles. The van der Waals surface area contributed by atoms with Crippen molar-refractivity contribution >= 4 is 0 Å². The van der Waals surface area contributed by atoms with Crippen LogP contribution < -0.4 is 0 Å². The Kier molecular flexibility index (Phi) is 5.44. The Morgan fingerprint density at radius 3 is 2.08 bits per heavy atom. The van der Waals surface area contributed by atoms with E-state index in [1.54, 1.807) is 0 Å². The molecular weight excluding hydrogens is 144 g/mol. The normalized spacial score (nSPS) is 12.7. The van der Waals surface area contributed by atoms with Crippen LogP contribution in [0, 0.1) is 5.92 Å². The van der Waals surface area contributed by atoms with Gasteiger partial charge in [0.15, 0.2) is 0 Å². The van der Waals surface area contributed by atoms with Crippen molar-refractivity contribution in [3.05, 3.63) is 35.5 Å². The third-order valence-electron chi connectivity index (χ3n) is 1.60. The molecule has 0 spiro atoms. The first-order chi connectivity index (χ1) is 5.57. The van der Waals surface area contributed by atoms with Crippen LogP contribution in [0.5, 0.6) is 0 Å². The quantitative estimate of drug-likeness (QED) is 0.551. The zero-order valence-corrected chi connectivity index (χ0v) is 8.89. The molecule has 0 unspecified atom stereocenters. The van der Waals surface area contributed by atoms with E-state index in [1.165, 1.54) is 11.1 Å². The van der Waals surface area contributed by atoms with E-state index in [0.717, 1.165) is 0 Å². The molecule has 0 aromatic rings. The Bertz CT molecular complexity index is 198. The van der Waals surface area contributed by atoms with Gasteiger partial charge in [-0.1, -0.05) is 43.7 Å². The molecule has 0 aliphatic rings.